The lowest BCUT2D eigenvalue weighted by Gasteiger charge is -2.29. The van der Waals surface area contributed by atoms with Crippen molar-refractivity contribution in [3.63, 3.8) is 0 Å². The molecule has 0 heterocycles. The summed E-state index contributed by atoms with van der Waals surface area (Å²) in [6, 6.07) is 8.21. The number of aliphatic hydroxyl groups excluding tert-OH is 1. The predicted octanol–water partition coefficient (Wildman–Crippen LogP) is 3.65. The van der Waals surface area contributed by atoms with Crippen LogP contribution in [0.4, 0.5) is 0 Å². The van der Waals surface area contributed by atoms with E-state index >= 15 is 0 Å². The minimum Gasteiger partial charge on any atom is -0.396 e. The molecular weight excluding hydrogens is 252 g/mol. The molecule has 84 valence electrons. The largest absolute Gasteiger partial charge is 0.396 e. The van der Waals surface area contributed by atoms with Crippen molar-refractivity contribution in [2.24, 2.45) is 11.3 Å². The molecule has 0 spiro atoms. The average Bonchev–Trinajstić information content (AvgIpc) is 2.14. The van der Waals surface area contributed by atoms with Crippen LogP contribution in [0.3, 0.4) is 0 Å². The van der Waals surface area contributed by atoms with Gasteiger partial charge in [-0.3, -0.25) is 0 Å². The van der Waals surface area contributed by atoms with Crippen molar-refractivity contribution in [2.75, 3.05) is 6.61 Å². The van der Waals surface area contributed by atoms with Gasteiger partial charge in [0.25, 0.3) is 0 Å². The first-order valence-corrected chi connectivity index (χ1v) is 6.08. The predicted molar refractivity (Wildman–Crippen MR) is 67.9 cm³/mol. The summed E-state index contributed by atoms with van der Waals surface area (Å²) in [6.45, 7) is 6.75. The molecule has 0 aliphatic rings. The minimum absolute atomic E-state index is 0.143. The van der Waals surface area contributed by atoms with Gasteiger partial charge in [-0.25, -0.2) is 0 Å². The number of halogens is 1. The first kappa shape index (κ1) is 12.7. The molecule has 1 rings (SSSR count). The zero-order chi connectivity index (χ0) is 11.5. The van der Waals surface area contributed by atoms with Crippen LogP contribution in [0.5, 0.6) is 0 Å². The van der Waals surface area contributed by atoms with E-state index < -0.39 is 0 Å². The molecule has 15 heavy (non-hydrogen) atoms. The number of rotatable bonds is 3. The zero-order valence-corrected chi connectivity index (χ0v) is 11.2. The summed E-state index contributed by atoms with van der Waals surface area (Å²) in [7, 11) is 0. The molecule has 1 N–H and O–H groups in total. The normalized spacial score (nSPS) is 13.9. The Labute approximate surface area is 101 Å². The van der Waals surface area contributed by atoms with Crippen molar-refractivity contribution >= 4 is 15.9 Å². The highest BCUT2D eigenvalue weighted by Crippen LogP contribution is 2.30. The molecule has 1 nitrogen and oxygen atoms in total. The summed E-state index contributed by atoms with van der Waals surface area (Å²) in [5.74, 6) is 0.302. The third-order valence-corrected chi connectivity index (χ3v) is 3.64. The quantitative estimate of drug-likeness (QED) is 0.889. The van der Waals surface area contributed by atoms with Gasteiger partial charge in [0.2, 0.25) is 0 Å². The molecule has 0 aliphatic heterocycles. The van der Waals surface area contributed by atoms with Crippen LogP contribution in [0.25, 0.3) is 0 Å². The van der Waals surface area contributed by atoms with Crippen molar-refractivity contribution in [3.8, 4) is 0 Å². The fourth-order valence-corrected chi connectivity index (χ4v) is 2.02. The molecule has 1 aromatic carbocycles. The first-order chi connectivity index (χ1) is 6.95. The second-order valence-corrected chi connectivity index (χ2v) is 5.90. The highest BCUT2D eigenvalue weighted by atomic mass is 79.9. The molecule has 0 saturated heterocycles. The minimum atomic E-state index is 0.143. The first-order valence-electron chi connectivity index (χ1n) is 5.29. The van der Waals surface area contributed by atoms with Gasteiger partial charge in [0, 0.05) is 11.1 Å². The topological polar surface area (TPSA) is 20.2 Å². The lowest BCUT2D eigenvalue weighted by Crippen LogP contribution is -2.26. The molecule has 0 radical (unpaired) electrons. The van der Waals surface area contributed by atoms with Gasteiger partial charge >= 0.3 is 0 Å². The fourth-order valence-electron chi connectivity index (χ4n) is 1.57. The number of hydrogen-bond acceptors (Lipinski definition) is 1. The van der Waals surface area contributed by atoms with E-state index in [4.69, 9.17) is 0 Å². The van der Waals surface area contributed by atoms with Crippen LogP contribution in [-0.4, -0.2) is 11.7 Å². The van der Waals surface area contributed by atoms with Crippen molar-refractivity contribution < 1.29 is 5.11 Å². The van der Waals surface area contributed by atoms with E-state index in [-0.39, 0.29) is 12.0 Å². The number of aliphatic hydroxyl groups is 1. The maximum absolute atomic E-state index is 9.40. The SMILES string of the molecule is CC(C)(C)C(CO)Cc1ccccc1Br. The Morgan fingerprint density at radius 1 is 1.27 bits per heavy atom. The summed E-state index contributed by atoms with van der Waals surface area (Å²) in [4.78, 5) is 0. The van der Waals surface area contributed by atoms with Crippen LogP contribution in [0.2, 0.25) is 0 Å². The van der Waals surface area contributed by atoms with Crippen LogP contribution in [0.15, 0.2) is 28.7 Å². The highest BCUT2D eigenvalue weighted by Gasteiger charge is 2.24. The lowest BCUT2D eigenvalue weighted by molar-refractivity contribution is 0.131. The summed E-state index contributed by atoms with van der Waals surface area (Å²) >= 11 is 3.54. The summed E-state index contributed by atoms with van der Waals surface area (Å²) in [6.07, 6.45) is 0.918. The second-order valence-electron chi connectivity index (χ2n) is 5.04. The third kappa shape index (κ3) is 3.62. The Hall–Kier alpha value is -0.340. The number of benzene rings is 1. The van der Waals surface area contributed by atoms with E-state index in [9.17, 15) is 5.11 Å². The molecule has 2 heteroatoms. The summed E-state index contributed by atoms with van der Waals surface area (Å²) in [5.41, 5.74) is 1.41. The monoisotopic (exact) mass is 270 g/mol. The van der Waals surface area contributed by atoms with Gasteiger partial charge in [-0.15, -0.1) is 0 Å². The molecule has 1 unspecified atom stereocenters. The van der Waals surface area contributed by atoms with Crippen LogP contribution >= 0.6 is 15.9 Å². The van der Waals surface area contributed by atoms with Gasteiger partial charge in [-0.2, -0.15) is 0 Å². The second kappa shape index (κ2) is 5.13. The van der Waals surface area contributed by atoms with Crippen LogP contribution in [0.1, 0.15) is 26.3 Å². The van der Waals surface area contributed by atoms with Gasteiger partial charge in [0.15, 0.2) is 0 Å². The standard InChI is InChI=1S/C13H19BrO/c1-13(2,3)11(9-15)8-10-6-4-5-7-12(10)14/h4-7,11,15H,8-9H2,1-3H3. The lowest BCUT2D eigenvalue weighted by atomic mass is 9.78. The Morgan fingerprint density at radius 2 is 1.87 bits per heavy atom. The van der Waals surface area contributed by atoms with E-state index in [2.05, 4.69) is 42.8 Å². The van der Waals surface area contributed by atoms with Gasteiger partial charge in [0.1, 0.15) is 0 Å². The van der Waals surface area contributed by atoms with Gasteiger partial charge in [0.05, 0.1) is 0 Å². The number of hydrogen-bond donors (Lipinski definition) is 1. The zero-order valence-electron chi connectivity index (χ0n) is 9.63. The maximum Gasteiger partial charge on any atom is 0.0467 e. The van der Waals surface area contributed by atoms with Gasteiger partial charge in [-0.1, -0.05) is 54.9 Å². The molecule has 1 aromatic rings. The van der Waals surface area contributed by atoms with E-state index in [0.29, 0.717) is 5.92 Å². The van der Waals surface area contributed by atoms with Crippen molar-refractivity contribution in [1.82, 2.24) is 0 Å². The summed E-state index contributed by atoms with van der Waals surface area (Å²) in [5, 5.41) is 9.40. The highest BCUT2D eigenvalue weighted by molar-refractivity contribution is 9.10. The van der Waals surface area contributed by atoms with Crippen LogP contribution in [0, 0.1) is 11.3 Å². The Kier molecular flexibility index (Phi) is 4.35. The molecule has 0 aromatic heterocycles. The van der Waals surface area contributed by atoms with Crippen molar-refractivity contribution in [3.05, 3.63) is 34.3 Å². The molecule has 0 fully saturated rings. The Morgan fingerprint density at radius 3 is 2.33 bits per heavy atom. The fraction of sp³-hybridized carbons (Fsp3) is 0.538. The van der Waals surface area contributed by atoms with E-state index in [0.717, 1.165) is 10.9 Å². The molecular formula is C13H19BrO. The smallest absolute Gasteiger partial charge is 0.0467 e. The van der Waals surface area contributed by atoms with Crippen molar-refractivity contribution in [1.29, 1.82) is 0 Å². The van der Waals surface area contributed by atoms with Crippen LogP contribution in [-0.2, 0) is 6.42 Å². The van der Waals surface area contributed by atoms with E-state index in [1.807, 2.05) is 18.2 Å². The van der Waals surface area contributed by atoms with Crippen molar-refractivity contribution in [2.45, 2.75) is 27.2 Å². The average molecular weight is 271 g/mol. The Bertz CT molecular complexity index is 315. The van der Waals surface area contributed by atoms with Crippen LogP contribution < -0.4 is 0 Å². The maximum atomic E-state index is 9.40. The van der Waals surface area contributed by atoms with Gasteiger partial charge < -0.3 is 5.11 Å². The molecule has 0 saturated carbocycles. The molecule has 0 bridgehead atoms. The molecule has 0 aliphatic carbocycles. The van der Waals surface area contributed by atoms with E-state index in [1.54, 1.807) is 0 Å². The summed E-state index contributed by atoms with van der Waals surface area (Å²) < 4.78 is 1.13. The molecule has 1 atom stereocenters. The van der Waals surface area contributed by atoms with E-state index in [1.165, 1.54) is 5.56 Å². The molecule has 0 amide bonds. The third-order valence-electron chi connectivity index (χ3n) is 2.87. The van der Waals surface area contributed by atoms with Gasteiger partial charge in [-0.05, 0) is 29.4 Å². The Balaban J connectivity index is 2.80.